The Hall–Kier alpha value is -1.45. The number of carbonyl (C=O) groups is 1. The van der Waals surface area contributed by atoms with Crippen LogP contribution in [0.2, 0.25) is 0 Å². The van der Waals surface area contributed by atoms with Crippen LogP contribution in [0.25, 0.3) is 0 Å². The molecule has 98 valence electrons. The normalized spacial score (nSPS) is 27.8. The predicted molar refractivity (Wildman–Crippen MR) is 67.6 cm³/mol. The summed E-state index contributed by atoms with van der Waals surface area (Å²) in [6, 6.07) is 1.57. The van der Waals surface area contributed by atoms with Gasteiger partial charge in [-0.15, -0.1) is 0 Å². The molecule has 3 unspecified atom stereocenters. The van der Waals surface area contributed by atoms with Crippen LogP contribution in [0, 0.1) is 17.7 Å². The molecule has 2 rings (SSSR count). The van der Waals surface area contributed by atoms with Gasteiger partial charge in [0.25, 0.3) is 5.91 Å². The van der Waals surface area contributed by atoms with Gasteiger partial charge >= 0.3 is 0 Å². The van der Waals surface area contributed by atoms with Crippen LogP contribution in [0.5, 0.6) is 0 Å². The Bertz CT molecular complexity index is 436. The largest absolute Gasteiger partial charge is 0.349 e. The van der Waals surface area contributed by atoms with Crippen molar-refractivity contribution in [2.75, 3.05) is 0 Å². The fourth-order valence-corrected chi connectivity index (χ4v) is 2.59. The van der Waals surface area contributed by atoms with Crippen LogP contribution in [-0.2, 0) is 0 Å². The summed E-state index contributed by atoms with van der Waals surface area (Å²) in [5.41, 5.74) is 0.0791. The first-order valence-electron chi connectivity index (χ1n) is 6.50. The number of carbonyl (C=O) groups excluding carboxylic acids is 1. The summed E-state index contributed by atoms with van der Waals surface area (Å²) in [4.78, 5) is 15.7. The Morgan fingerprint density at radius 3 is 2.94 bits per heavy atom. The summed E-state index contributed by atoms with van der Waals surface area (Å²) >= 11 is 0. The Morgan fingerprint density at radius 1 is 1.44 bits per heavy atom. The van der Waals surface area contributed by atoms with Crippen LogP contribution in [0.4, 0.5) is 4.39 Å². The van der Waals surface area contributed by atoms with Gasteiger partial charge in [0.1, 0.15) is 0 Å². The Balaban J connectivity index is 2.05. The second-order valence-electron chi connectivity index (χ2n) is 5.20. The highest BCUT2D eigenvalue weighted by Crippen LogP contribution is 2.29. The van der Waals surface area contributed by atoms with Gasteiger partial charge in [-0.3, -0.25) is 9.78 Å². The van der Waals surface area contributed by atoms with Gasteiger partial charge in [-0.2, -0.15) is 0 Å². The van der Waals surface area contributed by atoms with Crippen LogP contribution in [0.1, 0.15) is 43.5 Å². The van der Waals surface area contributed by atoms with Gasteiger partial charge in [0.05, 0.1) is 11.8 Å². The zero-order valence-electron chi connectivity index (χ0n) is 10.8. The van der Waals surface area contributed by atoms with E-state index < -0.39 is 5.82 Å². The van der Waals surface area contributed by atoms with Crippen molar-refractivity contribution in [3.8, 4) is 0 Å². The molecule has 1 heterocycles. The zero-order valence-corrected chi connectivity index (χ0v) is 10.8. The first-order chi connectivity index (χ1) is 8.59. The quantitative estimate of drug-likeness (QED) is 0.877. The van der Waals surface area contributed by atoms with E-state index in [0.29, 0.717) is 11.8 Å². The van der Waals surface area contributed by atoms with Crippen molar-refractivity contribution >= 4 is 5.91 Å². The van der Waals surface area contributed by atoms with Crippen LogP contribution in [0.3, 0.4) is 0 Å². The van der Waals surface area contributed by atoms with E-state index in [-0.39, 0.29) is 17.5 Å². The number of nitrogens with one attached hydrogen (secondary N) is 1. The van der Waals surface area contributed by atoms with Crippen molar-refractivity contribution in [1.29, 1.82) is 0 Å². The molecule has 1 aromatic rings. The summed E-state index contributed by atoms with van der Waals surface area (Å²) in [5.74, 6) is 0.145. The van der Waals surface area contributed by atoms with E-state index >= 15 is 0 Å². The molecule has 0 aromatic carbocycles. The molecule has 0 bridgehead atoms. The molecular weight excluding hydrogens is 231 g/mol. The fraction of sp³-hybridized carbons (Fsp3) is 0.571. The third-order valence-electron chi connectivity index (χ3n) is 4.04. The second kappa shape index (κ2) is 5.46. The number of rotatable bonds is 2. The van der Waals surface area contributed by atoms with Crippen molar-refractivity contribution in [2.24, 2.45) is 11.8 Å². The SMILES string of the molecule is CC1CCCC(NC(=O)c2ccncc2F)C1C. The summed E-state index contributed by atoms with van der Waals surface area (Å²) in [6.45, 7) is 4.35. The monoisotopic (exact) mass is 250 g/mol. The van der Waals surface area contributed by atoms with Crippen LogP contribution >= 0.6 is 0 Å². The minimum atomic E-state index is -0.563. The molecule has 0 spiro atoms. The highest BCUT2D eigenvalue weighted by Gasteiger charge is 2.28. The number of aromatic nitrogens is 1. The lowest BCUT2D eigenvalue weighted by Crippen LogP contribution is -2.43. The van der Waals surface area contributed by atoms with Crippen molar-refractivity contribution in [2.45, 2.75) is 39.2 Å². The molecule has 0 radical (unpaired) electrons. The predicted octanol–water partition coefficient (Wildman–Crippen LogP) is 2.78. The van der Waals surface area contributed by atoms with Gasteiger partial charge < -0.3 is 5.32 Å². The first-order valence-corrected chi connectivity index (χ1v) is 6.50. The lowest BCUT2D eigenvalue weighted by Gasteiger charge is -2.34. The van der Waals surface area contributed by atoms with Gasteiger partial charge in [-0.05, 0) is 24.3 Å². The average molecular weight is 250 g/mol. The number of hydrogen-bond acceptors (Lipinski definition) is 2. The van der Waals surface area contributed by atoms with Gasteiger partial charge in [-0.25, -0.2) is 4.39 Å². The van der Waals surface area contributed by atoms with E-state index in [9.17, 15) is 9.18 Å². The smallest absolute Gasteiger partial charge is 0.254 e. The topological polar surface area (TPSA) is 42.0 Å². The molecule has 1 saturated carbocycles. The van der Waals surface area contributed by atoms with Crippen LogP contribution < -0.4 is 5.32 Å². The van der Waals surface area contributed by atoms with E-state index in [1.54, 1.807) is 0 Å². The van der Waals surface area contributed by atoms with Gasteiger partial charge in [-0.1, -0.05) is 26.7 Å². The van der Waals surface area contributed by atoms with E-state index in [1.165, 1.54) is 18.7 Å². The molecule has 4 heteroatoms. The van der Waals surface area contributed by atoms with Gasteiger partial charge in [0.15, 0.2) is 5.82 Å². The molecule has 1 fully saturated rings. The zero-order chi connectivity index (χ0) is 13.1. The molecule has 1 amide bonds. The molecule has 0 aliphatic heterocycles. The van der Waals surface area contributed by atoms with E-state index in [2.05, 4.69) is 24.1 Å². The summed E-state index contributed by atoms with van der Waals surface area (Å²) in [6.07, 6.45) is 5.81. The van der Waals surface area contributed by atoms with E-state index in [0.717, 1.165) is 19.0 Å². The van der Waals surface area contributed by atoms with Crippen molar-refractivity contribution in [3.05, 3.63) is 29.8 Å². The Kier molecular flexibility index (Phi) is 3.94. The lowest BCUT2D eigenvalue weighted by atomic mass is 9.78. The van der Waals surface area contributed by atoms with Crippen molar-refractivity contribution < 1.29 is 9.18 Å². The van der Waals surface area contributed by atoms with E-state index in [4.69, 9.17) is 0 Å². The highest BCUT2D eigenvalue weighted by atomic mass is 19.1. The number of nitrogens with zero attached hydrogens (tertiary/aromatic N) is 1. The minimum Gasteiger partial charge on any atom is -0.349 e. The summed E-state index contributed by atoms with van der Waals surface area (Å²) in [7, 11) is 0. The summed E-state index contributed by atoms with van der Waals surface area (Å²) < 4.78 is 13.4. The van der Waals surface area contributed by atoms with Crippen LogP contribution in [0.15, 0.2) is 18.5 Å². The summed E-state index contributed by atoms with van der Waals surface area (Å²) in [5, 5.41) is 2.95. The second-order valence-corrected chi connectivity index (χ2v) is 5.20. The van der Waals surface area contributed by atoms with Crippen LogP contribution in [-0.4, -0.2) is 16.9 Å². The van der Waals surface area contributed by atoms with Crippen molar-refractivity contribution in [1.82, 2.24) is 10.3 Å². The maximum Gasteiger partial charge on any atom is 0.254 e. The Labute approximate surface area is 107 Å². The molecule has 1 aliphatic carbocycles. The fourth-order valence-electron chi connectivity index (χ4n) is 2.59. The third kappa shape index (κ3) is 2.68. The van der Waals surface area contributed by atoms with Gasteiger partial charge in [0, 0.05) is 12.2 Å². The van der Waals surface area contributed by atoms with E-state index in [1.807, 2.05) is 0 Å². The molecule has 0 saturated heterocycles. The molecular formula is C14H19FN2O. The maximum absolute atomic E-state index is 13.4. The molecule has 3 nitrogen and oxygen atoms in total. The third-order valence-corrected chi connectivity index (χ3v) is 4.04. The lowest BCUT2D eigenvalue weighted by molar-refractivity contribution is 0.0887. The van der Waals surface area contributed by atoms with Crippen molar-refractivity contribution in [3.63, 3.8) is 0 Å². The minimum absolute atomic E-state index is 0.0791. The Morgan fingerprint density at radius 2 is 2.22 bits per heavy atom. The highest BCUT2D eigenvalue weighted by molar-refractivity contribution is 5.94. The number of pyridine rings is 1. The molecule has 18 heavy (non-hydrogen) atoms. The number of hydrogen-bond donors (Lipinski definition) is 1. The first kappa shape index (κ1) is 13.0. The standard InChI is InChI=1S/C14H19FN2O/c1-9-4-3-5-13(10(9)2)17-14(18)11-6-7-16-8-12(11)15/h6-10,13H,3-5H2,1-2H3,(H,17,18). The van der Waals surface area contributed by atoms with Gasteiger partial charge in [0.2, 0.25) is 0 Å². The number of halogens is 1. The average Bonchev–Trinajstić information content (AvgIpc) is 2.35. The molecule has 3 atom stereocenters. The molecule has 1 aromatic heterocycles. The molecule has 1 aliphatic rings. The number of amides is 1. The maximum atomic E-state index is 13.4. The molecule has 1 N–H and O–H groups in total.